The molecule has 1 atom stereocenters. The topological polar surface area (TPSA) is 49.3 Å². The first-order chi connectivity index (χ1) is 7.54. The van der Waals surface area contributed by atoms with E-state index in [0.717, 1.165) is 12.1 Å². The van der Waals surface area contributed by atoms with Crippen molar-refractivity contribution >= 4 is 27.6 Å². The van der Waals surface area contributed by atoms with Crippen molar-refractivity contribution in [1.29, 1.82) is 0 Å². The summed E-state index contributed by atoms with van der Waals surface area (Å²) in [6.07, 6.45) is 2.70. The second kappa shape index (κ2) is 5.70. The van der Waals surface area contributed by atoms with Crippen LogP contribution in [0.5, 0.6) is 0 Å². The highest BCUT2D eigenvalue weighted by Crippen LogP contribution is 2.22. The Morgan fingerprint density at radius 2 is 2.38 bits per heavy atom. The van der Waals surface area contributed by atoms with E-state index in [1.165, 1.54) is 0 Å². The van der Waals surface area contributed by atoms with Crippen LogP contribution in [0.3, 0.4) is 0 Å². The third-order valence-corrected chi connectivity index (χ3v) is 2.79. The molecule has 0 spiro atoms. The molecule has 0 aromatic heterocycles. The third kappa shape index (κ3) is 3.38. The van der Waals surface area contributed by atoms with Crippen LogP contribution in [-0.2, 0) is 0 Å². The number of hydrogen-bond acceptors (Lipinski definition) is 2. The largest absolute Gasteiger partial charge is 0.478 e. The molecule has 0 aliphatic rings. The fourth-order valence-corrected chi connectivity index (χ4v) is 1.92. The van der Waals surface area contributed by atoms with Gasteiger partial charge in [-0.05, 0) is 47.5 Å². The van der Waals surface area contributed by atoms with Crippen LogP contribution in [0.15, 0.2) is 35.3 Å². The minimum atomic E-state index is -0.933. The van der Waals surface area contributed by atoms with E-state index >= 15 is 0 Å². The van der Waals surface area contributed by atoms with Crippen molar-refractivity contribution in [2.75, 3.05) is 5.32 Å². The molecule has 0 bridgehead atoms. The standard InChI is InChI=1S/C12H14BrNO2/c1-3-4-8(2)14-9-5-6-10(12(15)16)11(13)7-9/h3,5-8,14H,1,4H2,2H3,(H,15,16). The van der Waals surface area contributed by atoms with Crippen molar-refractivity contribution in [3.05, 3.63) is 40.9 Å². The molecule has 0 aliphatic carbocycles. The molecule has 16 heavy (non-hydrogen) atoms. The fraction of sp³-hybridized carbons (Fsp3) is 0.250. The Morgan fingerprint density at radius 3 is 2.88 bits per heavy atom. The number of hydrogen-bond donors (Lipinski definition) is 2. The summed E-state index contributed by atoms with van der Waals surface area (Å²) < 4.78 is 0.579. The summed E-state index contributed by atoms with van der Waals surface area (Å²) in [7, 11) is 0. The minimum absolute atomic E-state index is 0.266. The Morgan fingerprint density at radius 1 is 1.69 bits per heavy atom. The molecule has 86 valence electrons. The van der Waals surface area contributed by atoms with Gasteiger partial charge in [-0.3, -0.25) is 0 Å². The van der Waals surface area contributed by atoms with Gasteiger partial charge in [0.25, 0.3) is 0 Å². The van der Waals surface area contributed by atoms with Gasteiger partial charge in [-0.25, -0.2) is 4.79 Å². The molecule has 4 heteroatoms. The number of carboxylic acids is 1. The van der Waals surface area contributed by atoms with Crippen molar-refractivity contribution in [2.45, 2.75) is 19.4 Å². The van der Waals surface area contributed by atoms with Gasteiger partial charge in [0, 0.05) is 16.2 Å². The Labute approximate surface area is 103 Å². The van der Waals surface area contributed by atoms with Crippen LogP contribution in [0, 0.1) is 0 Å². The van der Waals surface area contributed by atoms with E-state index < -0.39 is 5.97 Å². The van der Waals surface area contributed by atoms with Gasteiger partial charge in [0.1, 0.15) is 0 Å². The van der Waals surface area contributed by atoms with Crippen LogP contribution in [0.2, 0.25) is 0 Å². The smallest absolute Gasteiger partial charge is 0.336 e. The van der Waals surface area contributed by atoms with Gasteiger partial charge in [-0.1, -0.05) is 6.08 Å². The molecule has 0 saturated heterocycles. The SMILES string of the molecule is C=CCC(C)Nc1ccc(C(=O)O)c(Br)c1. The summed E-state index contributed by atoms with van der Waals surface area (Å²) in [5.41, 5.74) is 1.16. The van der Waals surface area contributed by atoms with E-state index in [4.69, 9.17) is 5.11 Å². The maximum absolute atomic E-state index is 10.8. The van der Waals surface area contributed by atoms with Crippen molar-refractivity contribution in [3.8, 4) is 0 Å². The zero-order chi connectivity index (χ0) is 12.1. The number of carboxylic acid groups (broad SMARTS) is 1. The van der Waals surface area contributed by atoms with E-state index in [2.05, 4.69) is 27.8 Å². The van der Waals surface area contributed by atoms with E-state index in [0.29, 0.717) is 4.47 Å². The summed E-state index contributed by atoms with van der Waals surface area (Å²) in [5.74, 6) is -0.933. The highest BCUT2D eigenvalue weighted by molar-refractivity contribution is 9.10. The van der Waals surface area contributed by atoms with Gasteiger partial charge in [0.05, 0.1) is 5.56 Å². The second-order valence-electron chi connectivity index (χ2n) is 3.57. The third-order valence-electron chi connectivity index (χ3n) is 2.13. The summed E-state index contributed by atoms with van der Waals surface area (Å²) in [5, 5.41) is 12.1. The molecule has 1 aromatic carbocycles. The van der Waals surface area contributed by atoms with Gasteiger partial charge in [-0.2, -0.15) is 0 Å². The summed E-state index contributed by atoms with van der Waals surface area (Å²) in [6.45, 7) is 5.71. The Balaban J connectivity index is 2.81. The first kappa shape index (κ1) is 12.8. The van der Waals surface area contributed by atoms with E-state index in [-0.39, 0.29) is 11.6 Å². The predicted octanol–water partition coefficient (Wildman–Crippen LogP) is 3.52. The van der Waals surface area contributed by atoms with Gasteiger partial charge < -0.3 is 10.4 Å². The quantitative estimate of drug-likeness (QED) is 0.813. The first-order valence-corrected chi connectivity index (χ1v) is 5.74. The molecule has 0 radical (unpaired) electrons. The molecule has 1 aromatic rings. The highest BCUT2D eigenvalue weighted by atomic mass is 79.9. The van der Waals surface area contributed by atoms with Gasteiger partial charge in [-0.15, -0.1) is 6.58 Å². The van der Waals surface area contributed by atoms with Gasteiger partial charge >= 0.3 is 5.97 Å². The Hall–Kier alpha value is -1.29. The van der Waals surface area contributed by atoms with Crippen molar-refractivity contribution in [3.63, 3.8) is 0 Å². The number of rotatable bonds is 5. The first-order valence-electron chi connectivity index (χ1n) is 4.95. The Bertz CT molecular complexity index is 404. The zero-order valence-corrected chi connectivity index (χ0v) is 10.6. The molecule has 1 unspecified atom stereocenters. The minimum Gasteiger partial charge on any atom is -0.478 e. The molecule has 2 N–H and O–H groups in total. The lowest BCUT2D eigenvalue weighted by atomic mass is 10.2. The van der Waals surface area contributed by atoms with Crippen LogP contribution >= 0.6 is 15.9 Å². The molecular formula is C12H14BrNO2. The number of anilines is 1. The van der Waals surface area contributed by atoms with E-state index in [1.54, 1.807) is 18.2 Å². The maximum Gasteiger partial charge on any atom is 0.336 e. The number of aromatic carboxylic acids is 1. The average Bonchev–Trinajstić information content (AvgIpc) is 2.17. The van der Waals surface area contributed by atoms with E-state index in [9.17, 15) is 4.79 Å². The number of halogens is 1. The molecule has 0 saturated carbocycles. The Kier molecular flexibility index (Phi) is 4.55. The molecule has 0 amide bonds. The van der Waals surface area contributed by atoms with Crippen LogP contribution in [0.4, 0.5) is 5.69 Å². The van der Waals surface area contributed by atoms with Crippen LogP contribution in [0.1, 0.15) is 23.7 Å². The second-order valence-corrected chi connectivity index (χ2v) is 4.42. The normalized spacial score (nSPS) is 11.9. The lowest BCUT2D eigenvalue weighted by Gasteiger charge is -2.13. The molecule has 0 aliphatic heterocycles. The summed E-state index contributed by atoms with van der Waals surface area (Å²) in [4.78, 5) is 10.8. The summed E-state index contributed by atoms with van der Waals surface area (Å²) in [6, 6.07) is 5.38. The van der Waals surface area contributed by atoms with Crippen LogP contribution in [0.25, 0.3) is 0 Å². The summed E-state index contributed by atoms with van der Waals surface area (Å²) >= 11 is 3.24. The maximum atomic E-state index is 10.8. The van der Waals surface area contributed by atoms with Crippen LogP contribution in [-0.4, -0.2) is 17.1 Å². The average molecular weight is 284 g/mol. The van der Waals surface area contributed by atoms with E-state index in [1.807, 2.05) is 13.0 Å². The molecular weight excluding hydrogens is 270 g/mol. The van der Waals surface area contributed by atoms with Gasteiger partial charge in [0.15, 0.2) is 0 Å². The monoisotopic (exact) mass is 283 g/mol. The highest BCUT2D eigenvalue weighted by Gasteiger charge is 2.09. The number of carbonyl (C=O) groups is 1. The number of nitrogens with one attached hydrogen (secondary N) is 1. The van der Waals surface area contributed by atoms with Gasteiger partial charge in [0.2, 0.25) is 0 Å². The van der Waals surface area contributed by atoms with Crippen molar-refractivity contribution in [1.82, 2.24) is 0 Å². The number of benzene rings is 1. The molecule has 1 rings (SSSR count). The van der Waals surface area contributed by atoms with Crippen molar-refractivity contribution < 1.29 is 9.90 Å². The predicted molar refractivity (Wildman–Crippen MR) is 69.0 cm³/mol. The van der Waals surface area contributed by atoms with Crippen LogP contribution < -0.4 is 5.32 Å². The molecule has 3 nitrogen and oxygen atoms in total. The van der Waals surface area contributed by atoms with Crippen molar-refractivity contribution in [2.24, 2.45) is 0 Å². The fourth-order valence-electron chi connectivity index (χ4n) is 1.37. The lowest BCUT2D eigenvalue weighted by molar-refractivity contribution is 0.0696. The lowest BCUT2D eigenvalue weighted by Crippen LogP contribution is -2.13. The molecule has 0 heterocycles. The zero-order valence-electron chi connectivity index (χ0n) is 9.03. The molecule has 0 fully saturated rings.